The van der Waals surface area contributed by atoms with Gasteiger partial charge in [-0.2, -0.15) is 0 Å². The fourth-order valence-corrected chi connectivity index (χ4v) is 3.58. The van der Waals surface area contributed by atoms with E-state index in [1.165, 1.54) is 4.70 Å². The van der Waals surface area contributed by atoms with Crippen LogP contribution in [0.25, 0.3) is 10.2 Å². The van der Waals surface area contributed by atoms with Crippen molar-refractivity contribution in [3.63, 3.8) is 0 Å². The molecule has 6 heteroatoms. The average molecular weight is 348 g/mol. The van der Waals surface area contributed by atoms with Crippen molar-refractivity contribution < 1.29 is 14.7 Å². The molecule has 130 valence electrons. The molecule has 0 bridgehead atoms. The molecule has 0 radical (unpaired) electrons. The molecule has 5 nitrogen and oxygen atoms in total. The molecule has 24 heavy (non-hydrogen) atoms. The summed E-state index contributed by atoms with van der Waals surface area (Å²) >= 11 is 1.70. The maximum atomic E-state index is 11.8. The number of benzene rings is 1. The molecule has 2 N–H and O–H groups in total. The van der Waals surface area contributed by atoms with Gasteiger partial charge in [-0.25, -0.2) is 4.98 Å². The quantitative estimate of drug-likeness (QED) is 0.643. The molecule has 1 amide bonds. The van der Waals surface area contributed by atoms with Gasteiger partial charge in [0.15, 0.2) is 0 Å². The molecule has 0 aliphatic heterocycles. The lowest BCUT2D eigenvalue weighted by molar-refractivity contribution is -0.141. The van der Waals surface area contributed by atoms with E-state index in [9.17, 15) is 9.59 Å². The predicted molar refractivity (Wildman–Crippen MR) is 96.2 cm³/mol. The summed E-state index contributed by atoms with van der Waals surface area (Å²) in [5.74, 6) is -1.39. The zero-order chi connectivity index (χ0) is 17.4. The van der Waals surface area contributed by atoms with Gasteiger partial charge in [-0.3, -0.25) is 9.59 Å². The SMILES string of the molecule is CCCC(CNC(=O)CCCCc1nc2ccccc2s1)C(=O)O. The Kier molecular flexibility index (Phi) is 7.18. The molecule has 0 spiro atoms. The second-order valence-electron chi connectivity index (χ2n) is 5.91. The first-order valence-corrected chi connectivity index (χ1v) is 9.25. The summed E-state index contributed by atoms with van der Waals surface area (Å²) < 4.78 is 1.20. The van der Waals surface area contributed by atoms with Gasteiger partial charge in [-0.15, -0.1) is 11.3 Å². The number of carbonyl (C=O) groups is 2. The third kappa shape index (κ3) is 5.60. The van der Waals surface area contributed by atoms with Crippen LogP contribution in [0.1, 0.15) is 44.0 Å². The number of carboxylic acids is 1. The Balaban J connectivity index is 1.66. The second-order valence-corrected chi connectivity index (χ2v) is 7.03. The first-order valence-electron chi connectivity index (χ1n) is 8.44. The first-order chi connectivity index (χ1) is 11.6. The van der Waals surface area contributed by atoms with Gasteiger partial charge in [0.25, 0.3) is 0 Å². The lowest BCUT2D eigenvalue weighted by atomic mass is 10.0. The fraction of sp³-hybridized carbons (Fsp3) is 0.500. The number of aromatic nitrogens is 1. The van der Waals surface area contributed by atoms with Gasteiger partial charge in [0.2, 0.25) is 5.91 Å². The summed E-state index contributed by atoms with van der Waals surface area (Å²) in [5.41, 5.74) is 1.03. The molecular weight excluding hydrogens is 324 g/mol. The van der Waals surface area contributed by atoms with Crippen LogP contribution in [0.5, 0.6) is 0 Å². The van der Waals surface area contributed by atoms with Crippen molar-refractivity contribution in [1.29, 1.82) is 0 Å². The van der Waals surface area contributed by atoms with Gasteiger partial charge in [0.05, 0.1) is 21.1 Å². The highest BCUT2D eigenvalue weighted by atomic mass is 32.1. The van der Waals surface area contributed by atoms with Crippen molar-refractivity contribution in [2.75, 3.05) is 6.54 Å². The minimum atomic E-state index is -0.840. The van der Waals surface area contributed by atoms with Gasteiger partial charge < -0.3 is 10.4 Å². The number of carboxylic acid groups (broad SMARTS) is 1. The minimum absolute atomic E-state index is 0.0679. The van der Waals surface area contributed by atoms with Crippen LogP contribution in [0.3, 0.4) is 0 Å². The van der Waals surface area contributed by atoms with E-state index >= 15 is 0 Å². The Morgan fingerprint density at radius 3 is 2.79 bits per heavy atom. The highest BCUT2D eigenvalue weighted by Crippen LogP contribution is 2.22. The van der Waals surface area contributed by atoms with Crippen LogP contribution in [0, 0.1) is 5.92 Å². The molecular formula is C18H24N2O3S. The molecule has 1 aromatic carbocycles. The number of nitrogens with one attached hydrogen (secondary N) is 1. The first kappa shape index (κ1) is 18.4. The van der Waals surface area contributed by atoms with Crippen molar-refractivity contribution in [2.24, 2.45) is 5.92 Å². The number of fused-ring (bicyclic) bond motifs is 1. The number of amides is 1. The Morgan fingerprint density at radius 2 is 2.08 bits per heavy atom. The topological polar surface area (TPSA) is 79.3 Å². The number of unbranched alkanes of at least 4 members (excludes halogenated alkanes) is 1. The van der Waals surface area contributed by atoms with Crippen molar-refractivity contribution in [3.05, 3.63) is 29.3 Å². The normalized spacial score (nSPS) is 12.2. The van der Waals surface area contributed by atoms with Crippen molar-refractivity contribution in [2.45, 2.75) is 45.4 Å². The molecule has 2 rings (SSSR count). The number of para-hydroxylation sites is 1. The van der Waals surface area contributed by atoms with Gasteiger partial charge >= 0.3 is 5.97 Å². The number of aliphatic carboxylic acids is 1. The van der Waals surface area contributed by atoms with Crippen LogP contribution < -0.4 is 5.32 Å². The summed E-state index contributed by atoms with van der Waals surface area (Å²) in [6.07, 6.45) is 4.39. The number of hydrogen-bond acceptors (Lipinski definition) is 4. The van der Waals surface area contributed by atoms with Crippen LogP contribution in [0.15, 0.2) is 24.3 Å². The molecule has 0 aliphatic carbocycles. The van der Waals surface area contributed by atoms with Gasteiger partial charge in [-0.1, -0.05) is 25.5 Å². The molecule has 1 heterocycles. The zero-order valence-electron chi connectivity index (χ0n) is 14.0. The Morgan fingerprint density at radius 1 is 1.29 bits per heavy atom. The van der Waals surface area contributed by atoms with E-state index in [4.69, 9.17) is 5.11 Å². The summed E-state index contributed by atoms with van der Waals surface area (Å²) in [5, 5.41) is 12.9. The summed E-state index contributed by atoms with van der Waals surface area (Å²) in [6, 6.07) is 8.08. The van der Waals surface area contributed by atoms with Gasteiger partial charge in [0, 0.05) is 13.0 Å². The maximum Gasteiger partial charge on any atom is 0.308 e. The molecule has 0 saturated heterocycles. The van der Waals surface area contributed by atoms with E-state index in [-0.39, 0.29) is 12.5 Å². The molecule has 2 aromatic rings. The maximum absolute atomic E-state index is 11.8. The van der Waals surface area contributed by atoms with Gasteiger partial charge in [-0.05, 0) is 37.8 Å². The number of thiazole rings is 1. The third-order valence-corrected chi connectivity index (χ3v) is 5.01. The van der Waals surface area contributed by atoms with E-state index < -0.39 is 11.9 Å². The molecule has 0 saturated carbocycles. The van der Waals surface area contributed by atoms with Crippen LogP contribution in [-0.4, -0.2) is 28.5 Å². The van der Waals surface area contributed by atoms with Crippen LogP contribution in [0.2, 0.25) is 0 Å². The largest absolute Gasteiger partial charge is 0.481 e. The van der Waals surface area contributed by atoms with E-state index in [2.05, 4.69) is 16.4 Å². The van der Waals surface area contributed by atoms with E-state index in [0.717, 1.165) is 36.2 Å². The molecule has 1 aromatic heterocycles. The van der Waals surface area contributed by atoms with Crippen LogP contribution in [-0.2, 0) is 16.0 Å². The Labute approximate surface area is 146 Å². The van der Waals surface area contributed by atoms with Crippen LogP contribution in [0.4, 0.5) is 0 Å². The summed E-state index contributed by atoms with van der Waals surface area (Å²) in [7, 11) is 0. The highest BCUT2D eigenvalue weighted by Gasteiger charge is 2.16. The number of hydrogen-bond donors (Lipinski definition) is 2. The van der Waals surface area contributed by atoms with Crippen LogP contribution >= 0.6 is 11.3 Å². The molecule has 1 atom stereocenters. The van der Waals surface area contributed by atoms with Gasteiger partial charge in [0.1, 0.15) is 0 Å². The number of carbonyl (C=O) groups excluding carboxylic acids is 1. The molecule has 0 fully saturated rings. The minimum Gasteiger partial charge on any atom is -0.481 e. The average Bonchev–Trinajstić information content (AvgIpc) is 2.98. The van der Waals surface area contributed by atoms with Crippen molar-refractivity contribution in [1.82, 2.24) is 10.3 Å². The van der Waals surface area contributed by atoms with Crippen molar-refractivity contribution in [3.8, 4) is 0 Å². The highest BCUT2D eigenvalue weighted by molar-refractivity contribution is 7.18. The number of nitrogens with zero attached hydrogens (tertiary/aromatic N) is 1. The van der Waals surface area contributed by atoms with E-state index in [1.54, 1.807) is 11.3 Å². The zero-order valence-corrected chi connectivity index (χ0v) is 14.8. The Bertz CT molecular complexity index is 651. The van der Waals surface area contributed by atoms with E-state index in [1.807, 2.05) is 25.1 Å². The smallest absolute Gasteiger partial charge is 0.308 e. The predicted octanol–water partition coefficient (Wildman–Crippen LogP) is 3.63. The Hall–Kier alpha value is -1.95. The summed E-state index contributed by atoms with van der Waals surface area (Å²) in [4.78, 5) is 27.4. The number of rotatable bonds is 10. The lowest BCUT2D eigenvalue weighted by Gasteiger charge is -2.12. The van der Waals surface area contributed by atoms with E-state index in [0.29, 0.717) is 12.8 Å². The van der Waals surface area contributed by atoms with Crippen molar-refractivity contribution >= 4 is 33.4 Å². The summed E-state index contributed by atoms with van der Waals surface area (Å²) in [6.45, 7) is 2.17. The molecule has 1 unspecified atom stereocenters. The monoisotopic (exact) mass is 348 g/mol. The molecule has 0 aliphatic rings. The number of aryl methyl sites for hydroxylation is 1. The third-order valence-electron chi connectivity index (χ3n) is 3.91. The second kappa shape index (κ2) is 9.37. The fourth-order valence-electron chi connectivity index (χ4n) is 2.58. The lowest BCUT2D eigenvalue weighted by Crippen LogP contribution is -2.32. The standard InChI is InChI=1S/C18H24N2O3S/c1-2-7-13(18(22)23)12-19-16(21)10-5-6-11-17-20-14-8-3-4-9-15(14)24-17/h3-4,8-9,13H,2,5-7,10-12H2,1H3,(H,19,21)(H,22,23).